The molecule has 4 nitrogen and oxygen atoms in total. The van der Waals surface area contributed by atoms with Crippen molar-refractivity contribution in [3.8, 4) is 11.3 Å². The van der Waals surface area contributed by atoms with Crippen LogP contribution in [-0.2, 0) is 4.79 Å². The Labute approximate surface area is 145 Å². The van der Waals surface area contributed by atoms with E-state index in [1.165, 1.54) is 0 Å². The molecule has 0 unspecified atom stereocenters. The predicted octanol–water partition coefficient (Wildman–Crippen LogP) is 4.48. The van der Waals surface area contributed by atoms with Gasteiger partial charge in [0, 0.05) is 22.3 Å². The summed E-state index contributed by atoms with van der Waals surface area (Å²) in [4.78, 5) is 16.6. The highest BCUT2D eigenvalue weighted by Gasteiger charge is 2.06. The van der Waals surface area contributed by atoms with E-state index in [1.54, 1.807) is 11.3 Å². The molecule has 0 radical (unpaired) electrons. The maximum absolute atomic E-state index is 12.2. The van der Waals surface area contributed by atoms with Gasteiger partial charge in [-0.25, -0.2) is 4.98 Å². The molecular formula is C19H19N3OS. The van der Waals surface area contributed by atoms with Crippen LogP contribution in [0.1, 0.15) is 10.6 Å². The highest BCUT2D eigenvalue weighted by Crippen LogP contribution is 2.24. The first kappa shape index (κ1) is 16.2. The van der Waals surface area contributed by atoms with Crippen LogP contribution in [0.15, 0.2) is 53.9 Å². The van der Waals surface area contributed by atoms with E-state index in [2.05, 4.69) is 15.6 Å². The molecule has 3 rings (SSSR count). The Bertz CT molecular complexity index is 857. The van der Waals surface area contributed by atoms with Gasteiger partial charge in [-0.15, -0.1) is 11.3 Å². The number of rotatable bonds is 5. The third-order valence-corrected chi connectivity index (χ3v) is 4.42. The van der Waals surface area contributed by atoms with Crippen molar-refractivity contribution in [1.82, 2.24) is 4.98 Å². The van der Waals surface area contributed by atoms with E-state index in [4.69, 9.17) is 0 Å². The summed E-state index contributed by atoms with van der Waals surface area (Å²) in [7, 11) is 0. The summed E-state index contributed by atoms with van der Waals surface area (Å²) < 4.78 is 0. The molecule has 0 spiro atoms. The fourth-order valence-electron chi connectivity index (χ4n) is 2.40. The first-order chi connectivity index (χ1) is 11.6. The molecule has 0 aliphatic carbocycles. The zero-order chi connectivity index (χ0) is 16.9. The van der Waals surface area contributed by atoms with Crippen LogP contribution in [0.25, 0.3) is 11.3 Å². The van der Waals surface area contributed by atoms with Gasteiger partial charge in [-0.2, -0.15) is 0 Å². The first-order valence-electron chi connectivity index (χ1n) is 7.74. The Hall–Kier alpha value is -2.66. The highest BCUT2D eigenvalue weighted by atomic mass is 32.1. The van der Waals surface area contributed by atoms with E-state index < -0.39 is 0 Å². The summed E-state index contributed by atoms with van der Waals surface area (Å²) in [5, 5.41) is 9.14. The van der Waals surface area contributed by atoms with Crippen molar-refractivity contribution in [2.24, 2.45) is 0 Å². The number of aromatic nitrogens is 1. The van der Waals surface area contributed by atoms with Crippen LogP contribution in [0.4, 0.5) is 11.4 Å². The smallest absolute Gasteiger partial charge is 0.243 e. The first-order valence-corrected chi connectivity index (χ1v) is 8.62. The average molecular weight is 337 g/mol. The molecular weight excluding hydrogens is 318 g/mol. The third kappa shape index (κ3) is 4.00. The van der Waals surface area contributed by atoms with Crippen LogP contribution in [0.5, 0.6) is 0 Å². The van der Waals surface area contributed by atoms with E-state index in [0.29, 0.717) is 0 Å². The van der Waals surface area contributed by atoms with Gasteiger partial charge in [0.15, 0.2) is 0 Å². The third-order valence-electron chi connectivity index (χ3n) is 3.65. The number of hydrogen-bond donors (Lipinski definition) is 2. The quantitative estimate of drug-likeness (QED) is 0.722. The molecule has 0 atom stereocenters. The summed E-state index contributed by atoms with van der Waals surface area (Å²) in [6.45, 7) is 4.22. The normalized spacial score (nSPS) is 10.4. The second kappa shape index (κ2) is 7.27. The Morgan fingerprint density at radius 1 is 1.12 bits per heavy atom. The molecule has 2 N–H and O–H groups in total. The zero-order valence-electron chi connectivity index (χ0n) is 13.7. The Morgan fingerprint density at radius 3 is 2.71 bits per heavy atom. The molecule has 0 aliphatic rings. The number of aryl methyl sites for hydroxylation is 2. The lowest BCUT2D eigenvalue weighted by Gasteiger charge is -2.10. The Kier molecular flexibility index (Phi) is 4.91. The number of carbonyl (C=O) groups is 1. The summed E-state index contributed by atoms with van der Waals surface area (Å²) in [5.74, 6) is -0.0788. The van der Waals surface area contributed by atoms with Crippen molar-refractivity contribution in [2.75, 3.05) is 17.2 Å². The predicted molar refractivity (Wildman–Crippen MR) is 101 cm³/mol. The monoisotopic (exact) mass is 337 g/mol. The number of amides is 1. The molecule has 3 aromatic rings. The lowest BCUT2D eigenvalue weighted by molar-refractivity contribution is -0.114. The molecule has 24 heavy (non-hydrogen) atoms. The largest absolute Gasteiger partial charge is 0.376 e. The van der Waals surface area contributed by atoms with Gasteiger partial charge in [-0.05, 0) is 37.6 Å². The zero-order valence-corrected chi connectivity index (χ0v) is 14.5. The Morgan fingerprint density at radius 2 is 1.96 bits per heavy atom. The minimum atomic E-state index is -0.0788. The van der Waals surface area contributed by atoms with Crippen molar-refractivity contribution in [3.05, 3.63) is 64.5 Å². The molecule has 0 saturated heterocycles. The topological polar surface area (TPSA) is 54.0 Å². The molecule has 122 valence electrons. The van der Waals surface area contributed by atoms with Gasteiger partial charge in [0.05, 0.1) is 17.2 Å². The second-order valence-corrected chi connectivity index (χ2v) is 6.61. The molecule has 1 aromatic heterocycles. The standard InChI is InChI=1S/C19H19N3OS/c1-13-6-3-4-9-17(13)20-11-19(23)22-16-8-5-7-15(10-16)18-12-24-14(2)21-18/h3-10,12,20H,11H2,1-2H3,(H,22,23). The van der Waals surface area contributed by atoms with Crippen molar-refractivity contribution in [1.29, 1.82) is 0 Å². The van der Waals surface area contributed by atoms with Crippen LogP contribution in [0, 0.1) is 13.8 Å². The number of para-hydroxylation sites is 1. The number of hydrogen-bond acceptors (Lipinski definition) is 4. The second-order valence-electron chi connectivity index (χ2n) is 5.55. The number of anilines is 2. The lowest BCUT2D eigenvalue weighted by Crippen LogP contribution is -2.22. The molecule has 1 heterocycles. The fraction of sp³-hybridized carbons (Fsp3) is 0.158. The van der Waals surface area contributed by atoms with Gasteiger partial charge < -0.3 is 10.6 Å². The number of carbonyl (C=O) groups excluding carboxylic acids is 1. The minimum absolute atomic E-state index is 0.0788. The molecule has 0 fully saturated rings. The summed E-state index contributed by atoms with van der Waals surface area (Å²) in [6.07, 6.45) is 0. The van der Waals surface area contributed by atoms with E-state index in [-0.39, 0.29) is 12.5 Å². The lowest BCUT2D eigenvalue weighted by atomic mass is 10.1. The molecule has 1 amide bonds. The van der Waals surface area contributed by atoms with Gasteiger partial charge in [-0.3, -0.25) is 4.79 Å². The molecule has 2 aromatic carbocycles. The van der Waals surface area contributed by atoms with Crippen molar-refractivity contribution in [3.63, 3.8) is 0 Å². The van der Waals surface area contributed by atoms with E-state index in [0.717, 1.165) is 33.2 Å². The van der Waals surface area contributed by atoms with Crippen molar-refractivity contribution in [2.45, 2.75) is 13.8 Å². The molecule has 0 aliphatic heterocycles. The minimum Gasteiger partial charge on any atom is -0.376 e. The summed E-state index contributed by atoms with van der Waals surface area (Å²) in [5.41, 5.74) is 4.80. The van der Waals surface area contributed by atoms with Crippen molar-refractivity contribution >= 4 is 28.6 Å². The van der Waals surface area contributed by atoms with E-state index >= 15 is 0 Å². The van der Waals surface area contributed by atoms with Crippen LogP contribution in [0.3, 0.4) is 0 Å². The van der Waals surface area contributed by atoms with Crippen LogP contribution in [0.2, 0.25) is 0 Å². The summed E-state index contributed by atoms with van der Waals surface area (Å²) in [6, 6.07) is 15.7. The van der Waals surface area contributed by atoms with Gasteiger partial charge in [0.2, 0.25) is 5.91 Å². The van der Waals surface area contributed by atoms with Gasteiger partial charge in [0.25, 0.3) is 0 Å². The van der Waals surface area contributed by atoms with Gasteiger partial charge in [0.1, 0.15) is 0 Å². The van der Waals surface area contributed by atoms with E-state index in [9.17, 15) is 4.79 Å². The Balaban J connectivity index is 1.63. The number of nitrogens with one attached hydrogen (secondary N) is 2. The fourth-order valence-corrected chi connectivity index (χ4v) is 3.03. The van der Waals surface area contributed by atoms with Gasteiger partial charge >= 0.3 is 0 Å². The molecule has 0 saturated carbocycles. The SMILES string of the molecule is Cc1nc(-c2cccc(NC(=O)CNc3ccccc3C)c2)cs1. The highest BCUT2D eigenvalue weighted by molar-refractivity contribution is 7.09. The van der Waals surface area contributed by atoms with Crippen LogP contribution < -0.4 is 10.6 Å². The van der Waals surface area contributed by atoms with Crippen molar-refractivity contribution < 1.29 is 4.79 Å². The van der Waals surface area contributed by atoms with Gasteiger partial charge in [-0.1, -0.05) is 30.3 Å². The van der Waals surface area contributed by atoms with E-state index in [1.807, 2.05) is 67.8 Å². The number of thiazole rings is 1. The van der Waals surface area contributed by atoms with Crippen LogP contribution in [-0.4, -0.2) is 17.4 Å². The maximum Gasteiger partial charge on any atom is 0.243 e. The molecule has 5 heteroatoms. The maximum atomic E-state index is 12.2. The number of nitrogens with zero attached hydrogens (tertiary/aromatic N) is 1. The van der Waals surface area contributed by atoms with Crippen LogP contribution >= 0.6 is 11.3 Å². The summed E-state index contributed by atoms with van der Waals surface area (Å²) >= 11 is 1.62. The molecule has 0 bridgehead atoms. The average Bonchev–Trinajstić information content (AvgIpc) is 3.01. The number of benzene rings is 2.